The number of carboxylic acid groups (broad SMARTS) is 1. The van der Waals surface area contributed by atoms with Crippen LogP contribution in [-0.4, -0.2) is 35.2 Å². The highest BCUT2D eigenvalue weighted by atomic mass is 79.9. The fourth-order valence-electron chi connectivity index (χ4n) is 2.28. The van der Waals surface area contributed by atoms with Crippen molar-refractivity contribution in [3.8, 4) is 5.75 Å². The number of amides is 1. The normalized spacial score (nSPS) is 11.5. The van der Waals surface area contributed by atoms with Gasteiger partial charge in [-0.15, -0.1) is 0 Å². The van der Waals surface area contributed by atoms with Crippen molar-refractivity contribution in [3.63, 3.8) is 0 Å². The van der Waals surface area contributed by atoms with Crippen LogP contribution in [0, 0.1) is 0 Å². The van der Waals surface area contributed by atoms with Crippen molar-refractivity contribution in [1.29, 1.82) is 0 Å². The van der Waals surface area contributed by atoms with Gasteiger partial charge in [0.1, 0.15) is 18.4 Å². The van der Waals surface area contributed by atoms with E-state index in [1.165, 1.54) is 11.8 Å². The first-order chi connectivity index (χ1) is 12.4. The predicted molar refractivity (Wildman–Crippen MR) is 100.0 cm³/mol. The van der Waals surface area contributed by atoms with Gasteiger partial charge in [-0.3, -0.25) is 4.90 Å². The van der Waals surface area contributed by atoms with Gasteiger partial charge < -0.3 is 14.6 Å². The van der Waals surface area contributed by atoms with Crippen LogP contribution in [0.4, 0.5) is 4.79 Å². The Balaban J connectivity index is 2.17. The van der Waals surface area contributed by atoms with E-state index in [9.17, 15) is 14.7 Å². The van der Waals surface area contributed by atoms with Gasteiger partial charge in [-0.05, 0) is 36.2 Å². The van der Waals surface area contributed by atoms with Crippen molar-refractivity contribution in [2.24, 2.45) is 0 Å². The molecule has 0 radical (unpaired) electrons. The van der Waals surface area contributed by atoms with Crippen molar-refractivity contribution >= 4 is 28.0 Å². The third kappa shape index (κ3) is 5.23. The second-order valence-corrected chi connectivity index (χ2v) is 6.49. The molecule has 0 bridgehead atoms. The Morgan fingerprint density at radius 1 is 1.19 bits per heavy atom. The summed E-state index contributed by atoms with van der Waals surface area (Å²) in [5.41, 5.74) is 1.54. The van der Waals surface area contributed by atoms with Crippen LogP contribution < -0.4 is 4.74 Å². The Labute approximate surface area is 160 Å². The SMILES string of the molecule is COc1ccc(Br)c(CN(C(=O)OCc2ccccc2)C(C)C(=O)O)c1. The van der Waals surface area contributed by atoms with Crippen LogP contribution in [0.2, 0.25) is 0 Å². The number of aliphatic carboxylic acids is 1. The second kappa shape index (κ2) is 9.24. The van der Waals surface area contributed by atoms with Gasteiger partial charge in [0.05, 0.1) is 13.7 Å². The number of halogens is 1. The topological polar surface area (TPSA) is 76.1 Å². The Kier molecular flexibility index (Phi) is 7.03. The van der Waals surface area contributed by atoms with Crippen molar-refractivity contribution < 1.29 is 24.2 Å². The summed E-state index contributed by atoms with van der Waals surface area (Å²) in [5, 5.41) is 9.35. The number of carboxylic acids is 1. The van der Waals surface area contributed by atoms with E-state index in [0.29, 0.717) is 11.3 Å². The molecule has 1 atom stereocenters. The predicted octanol–water partition coefficient (Wildman–Crippen LogP) is 4.07. The zero-order chi connectivity index (χ0) is 19.1. The number of methoxy groups -OCH3 is 1. The van der Waals surface area contributed by atoms with Gasteiger partial charge in [0.2, 0.25) is 0 Å². The molecular weight excluding hydrogens is 402 g/mol. The van der Waals surface area contributed by atoms with Crippen LogP contribution in [0.15, 0.2) is 53.0 Å². The molecule has 0 saturated heterocycles. The molecular formula is C19H20BrNO5. The summed E-state index contributed by atoms with van der Waals surface area (Å²) in [6, 6.07) is 13.5. The monoisotopic (exact) mass is 421 g/mol. The summed E-state index contributed by atoms with van der Waals surface area (Å²) in [4.78, 5) is 25.1. The average molecular weight is 422 g/mol. The van der Waals surface area contributed by atoms with Gasteiger partial charge >= 0.3 is 12.1 Å². The lowest BCUT2D eigenvalue weighted by Gasteiger charge is -2.26. The van der Waals surface area contributed by atoms with Crippen molar-refractivity contribution in [3.05, 3.63) is 64.1 Å². The van der Waals surface area contributed by atoms with Crippen LogP contribution in [-0.2, 0) is 22.7 Å². The van der Waals surface area contributed by atoms with Crippen LogP contribution >= 0.6 is 15.9 Å². The van der Waals surface area contributed by atoms with Crippen molar-refractivity contribution in [1.82, 2.24) is 4.90 Å². The number of carbonyl (C=O) groups excluding carboxylic acids is 1. The maximum Gasteiger partial charge on any atom is 0.411 e. The van der Waals surface area contributed by atoms with Gasteiger partial charge in [0, 0.05) is 4.47 Å². The molecule has 7 heteroatoms. The van der Waals surface area contributed by atoms with E-state index in [1.807, 2.05) is 30.3 Å². The van der Waals surface area contributed by atoms with Crippen molar-refractivity contribution in [2.45, 2.75) is 26.1 Å². The highest BCUT2D eigenvalue weighted by molar-refractivity contribution is 9.10. The van der Waals surface area contributed by atoms with E-state index in [4.69, 9.17) is 9.47 Å². The smallest absolute Gasteiger partial charge is 0.411 e. The number of hydrogen-bond acceptors (Lipinski definition) is 4. The molecule has 2 aromatic carbocycles. The number of rotatable bonds is 7. The molecule has 0 heterocycles. The van der Waals surface area contributed by atoms with E-state index >= 15 is 0 Å². The average Bonchev–Trinajstić information content (AvgIpc) is 2.65. The summed E-state index contributed by atoms with van der Waals surface area (Å²) in [5.74, 6) is -0.496. The third-order valence-corrected chi connectivity index (χ3v) is 4.63. The van der Waals surface area contributed by atoms with Crippen molar-refractivity contribution in [2.75, 3.05) is 7.11 Å². The minimum absolute atomic E-state index is 0.0683. The lowest BCUT2D eigenvalue weighted by molar-refractivity contribution is -0.142. The number of hydrogen-bond donors (Lipinski definition) is 1. The van der Waals surface area contributed by atoms with E-state index in [1.54, 1.807) is 25.3 Å². The van der Waals surface area contributed by atoms with Crippen LogP contribution in [0.3, 0.4) is 0 Å². The number of nitrogens with zero attached hydrogens (tertiary/aromatic N) is 1. The van der Waals surface area contributed by atoms with Crippen LogP contribution in [0.25, 0.3) is 0 Å². The highest BCUT2D eigenvalue weighted by Crippen LogP contribution is 2.25. The lowest BCUT2D eigenvalue weighted by atomic mass is 10.1. The van der Waals surface area contributed by atoms with Gasteiger partial charge in [-0.1, -0.05) is 46.3 Å². The van der Waals surface area contributed by atoms with E-state index in [2.05, 4.69) is 15.9 Å². The Morgan fingerprint density at radius 3 is 2.50 bits per heavy atom. The first-order valence-electron chi connectivity index (χ1n) is 7.95. The molecule has 0 spiro atoms. The largest absolute Gasteiger partial charge is 0.497 e. The fraction of sp³-hybridized carbons (Fsp3) is 0.263. The minimum atomic E-state index is -1.11. The molecule has 6 nitrogen and oxygen atoms in total. The maximum absolute atomic E-state index is 12.5. The van der Waals surface area contributed by atoms with Gasteiger partial charge in [-0.25, -0.2) is 9.59 Å². The van der Waals surface area contributed by atoms with Crippen LogP contribution in [0.5, 0.6) is 5.75 Å². The number of benzene rings is 2. The number of ether oxygens (including phenoxy) is 2. The zero-order valence-electron chi connectivity index (χ0n) is 14.5. The molecule has 0 saturated carbocycles. The maximum atomic E-state index is 12.5. The fourth-order valence-corrected chi connectivity index (χ4v) is 2.65. The third-order valence-electron chi connectivity index (χ3n) is 3.86. The molecule has 1 unspecified atom stereocenters. The molecule has 2 rings (SSSR count). The van der Waals surface area contributed by atoms with E-state index in [-0.39, 0.29) is 13.2 Å². The molecule has 0 fully saturated rings. The summed E-state index contributed by atoms with van der Waals surface area (Å²) < 4.78 is 11.2. The zero-order valence-corrected chi connectivity index (χ0v) is 16.1. The summed E-state index contributed by atoms with van der Waals surface area (Å²) in [7, 11) is 1.54. The molecule has 26 heavy (non-hydrogen) atoms. The molecule has 0 aliphatic rings. The quantitative estimate of drug-likeness (QED) is 0.728. The minimum Gasteiger partial charge on any atom is -0.497 e. The van der Waals surface area contributed by atoms with Gasteiger partial charge in [-0.2, -0.15) is 0 Å². The number of carbonyl (C=O) groups is 2. The molecule has 138 valence electrons. The Hall–Kier alpha value is -2.54. The van der Waals surface area contributed by atoms with Crippen LogP contribution in [0.1, 0.15) is 18.1 Å². The molecule has 0 aromatic heterocycles. The highest BCUT2D eigenvalue weighted by Gasteiger charge is 2.27. The van der Waals surface area contributed by atoms with E-state index in [0.717, 1.165) is 10.0 Å². The Bertz CT molecular complexity index is 766. The molecule has 0 aliphatic carbocycles. The molecule has 0 aliphatic heterocycles. The molecule has 1 amide bonds. The Morgan fingerprint density at radius 2 is 1.88 bits per heavy atom. The van der Waals surface area contributed by atoms with Gasteiger partial charge in [0.25, 0.3) is 0 Å². The standard InChI is InChI=1S/C19H20BrNO5/c1-13(18(22)23)21(11-15-10-16(25-2)8-9-17(15)20)19(24)26-12-14-6-4-3-5-7-14/h3-10,13H,11-12H2,1-2H3,(H,22,23). The summed E-state index contributed by atoms with van der Waals surface area (Å²) in [6.45, 7) is 1.58. The first-order valence-corrected chi connectivity index (χ1v) is 8.74. The van der Waals surface area contributed by atoms with E-state index < -0.39 is 18.1 Å². The second-order valence-electron chi connectivity index (χ2n) is 5.64. The molecule has 2 aromatic rings. The summed E-state index contributed by atoms with van der Waals surface area (Å²) in [6.07, 6.45) is -0.696. The summed E-state index contributed by atoms with van der Waals surface area (Å²) >= 11 is 3.42. The molecule has 1 N–H and O–H groups in total. The lowest BCUT2D eigenvalue weighted by Crippen LogP contribution is -2.43. The first kappa shape index (κ1) is 19.8. The van der Waals surface area contributed by atoms with Gasteiger partial charge in [0.15, 0.2) is 0 Å².